The van der Waals surface area contributed by atoms with Gasteiger partial charge in [0.1, 0.15) is 0 Å². The van der Waals surface area contributed by atoms with Crippen molar-refractivity contribution in [1.82, 2.24) is 15.3 Å². The van der Waals surface area contributed by atoms with E-state index in [1.54, 1.807) is 35.5 Å². The highest BCUT2D eigenvalue weighted by Gasteiger charge is 2.13. The molecule has 1 amide bonds. The molecule has 0 aliphatic carbocycles. The first-order chi connectivity index (χ1) is 13.2. The molecule has 0 bridgehead atoms. The molecule has 0 saturated carbocycles. The Bertz CT molecular complexity index is 837. The van der Waals surface area contributed by atoms with Gasteiger partial charge in [0.2, 0.25) is 5.91 Å². The van der Waals surface area contributed by atoms with E-state index >= 15 is 0 Å². The van der Waals surface area contributed by atoms with Crippen molar-refractivity contribution in [3.63, 3.8) is 0 Å². The summed E-state index contributed by atoms with van der Waals surface area (Å²) in [4.78, 5) is 20.9. The van der Waals surface area contributed by atoms with Gasteiger partial charge < -0.3 is 5.32 Å². The van der Waals surface area contributed by atoms with Gasteiger partial charge in [0, 0.05) is 42.1 Å². The second-order valence-corrected chi connectivity index (χ2v) is 8.47. The van der Waals surface area contributed by atoms with Crippen molar-refractivity contribution in [2.45, 2.75) is 30.8 Å². The Morgan fingerprint density at radius 2 is 1.96 bits per heavy atom. The summed E-state index contributed by atoms with van der Waals surface area (Å²) >= 11 is 3.33. The fourth-order valence-corrected chi connectivity index (χ4v) is 4.27. The van der Waals surface area contributed by atoms with E-state index in [2.05, 4.69) is 32.8 Å². The van der Waals surface area contributed by atoms with E-state index in [-0.39, 0.29) is 11.2 Å². The molecule has 3 rings (SSSR count). The number of aryl methyl sites for hydroxylation is 1. The summed E-state index contributed by atoms with van der Waals surface area (Å²) in [6, 6.07) is 14.2. The Morgan fingerprint density at radius 1 is 1.19 bits per heavy atom. The zero-order chi connectivity index (χ0) is 18.9. The quantitative estimate of drug-likeness (QED) is 0.537. The number of hydrogen-bond acceptors (Lipinski definition) is 5. The van der Waals surface area contributed by atoms with E-state index in [4.69, 9.17) is 0 Å². The molecule has 1 atom stereocenters. The second-order valence-electron chi connectivity index (χ2n) is 6.20. The Hall–Kier alpha value is -2.18. The predicted octanol–water partition coefficient (Wildman–Crippen LogP) is 4.58. The molecule has 4 nitrogen and oxygen atoms in total. The predicted molar refractivity (Wildman–Crippen MR) is 114 cm³/mol. The third-order valence-electron chi connectivity index (χ3n) is 4.11. The maximum Gasteiger partial charge on any atom is 0.232 e. The van der Waals surface area contributed by atoms with Gasteiger partial charge in [0.15, 0.2) is 0 Å². The smallest absolute Gasteiger partial charge is 0.232 e. The van der Waals surface area contributed by atoms with Crippen LogP contribution in [0.5, 0.6) is 0 Å². The largest absolute Gasteiger partial charge is 0.355 e. The van der Waals surface area contributed by atoms with Gasteiger partial charge >= 0.3 is 0 Å². The minimum absolute atomic E-state index is 0.0524. The highest BCUT2D eigenvalue weighted by molar-refractivity contribution is 7.99. The average Bonchev–Trinajstić information content (AvgIpc) is 3.19. The lowest BCUT2D eigenvalue weighted by Gasteiger charge is -2.11. The molecule has 2 heterocycles. The van der Waals surface area contributed by atoms with E-state index in [1.807, 2.05) is 37.3 Å². The maximum absolute atomic E-state index is 12.2. The fourth-order valence-electron chi connectivity index (χ4n) is 2.55. The van der Waals surface area contributed by atoms with Crippen molar-refractivity contribution in [3.8, 4) is 11.3 Å². The van der Waals surface area contributed by atoms with Crippen molar-refractivity contribution >= 4 is 29.0 Å². The first-order valence-corrected chi connectivity index (χ1v) is 10.9. The molecule has 0 aliphatic rings. The Balaban J connectivity index is 1.36. The third-order valence-corrected chi connectivity index (χ3v) is 6.23. The average molecular weight is 398 g/mol. The number of amides is 1. The maximum atomic E-state index is 12.2. The first-order valence-electron chi connectivity index (χ1n) is 9.00. The van der Waals surface area contributed by atoms with Gasteiger partial charge in [-0.25, -0.2) is 4.98 Å². The lowest BCUT2D eigenvalue weighted by atomic mass is 10.2. The molecular weight excluding hydrogens is 374 g/mol. The molecule has 0 fully saturated rings. The highest BCUT2D eigenvalue weighted by atomic mass is 32.2. The van der Waals surface area contributed by atoms with Crippen LogP contribution < -0.4 is 5.32 Å². The molecule has 1 N–H and O–H groups in total. The number of benzene rings is 1. The number of nitrogens with one attached hydrogen (secondary N) is 1. The SMILES string of the molecule is CC(SCc1ccccc1)C(=O)NCCCc1nc(-c2ccncc2)cs1. The fraction of sp³-hybridized carbons (Fsp3) is 0.286. The normalized spacial score (nSPS) is 11.9. The van der Waals surface area contributed by atoms with Gasteiger partial charge in [-0.2, -0.15) is 0 Å². The van der Waals surface area contributed by atoms with Gasteiger partial charge in [0.25, 0.3) is 0 Å². The summed E-state index contributed by atoms with van der Waals surface area (Å²) in [7, 11) is 0. The van der Waals surface area contributed by atoms with Crippen LogP contribution in [-0.2, 0) is 17.0 Å². The van der Waals surface area contributed by atoms with E-state index in [9.17, 15) is 4.79 Å². The molecular formula is C21H23N3OS2. The van der Waals surface area contributed by atoms with Gasteiger partial charge in [-0.3, -0.25) is 9.78 Å². The summed E-state index contributed by atoms with van der Waals surface area (Å²) in [5, 5.41) is 6.16. The standard InChI is InChI=1S/C21H23N3OS2/c1-16(26-14-17-6-3-2-4-7-17)21(25)23-11-5-8-20-24-19(15-27-20)18-9-12-22-13-10-18/h2-4,6-7,9-10,12-13,15-16H,5,8,11,14H2,1H3,(H,23,25). The minimum Gasteiger partial charge on any atom is -0.355 e. The van der Waals surface area contributed by atoms with Crippen LogP contribution in [0, 0.1) is 0 Å². The van der Waals surface area contributed by atoms with E-state index in [0.29, 0.717) is 6.54 Å². The number of carbonyl (C=O) groups is 1. The molecule has 140 valence electrons. The first kappa shape index (κ1) is 19.6. The minimum atomic E-state index is -0.0524. The highest BCUT2D eigenvalue weighted by Crippen LogP contribution is 2.22. The Labute approximate surface area is 168 Å². The lowest BCUT2D eigenvalue weighted by molar-refractivity contribution is -0.120. The van der Waals surface area contributed by atoms with Crippen LogP contribution in [0.2, 0.25) is 0 Å². The van der Waals surface area contributed by atoms with Gasteiger partial charge in [-0.05, 0) is 31.0 Å². The topological polar surface area (TPSA) is 54.9 Å². The Kier molecular flexibility index (Phi) is 7.42. The van der Waals surface area contributed by atoms with E-state index in [1.165, 1.54) is 5.56 Å². The Morgan fingerprint density at radius 3 is 2.74 bits per heavy atom. The van der Waals surface area contributed by atoms with Crippen molar-refractivity contribution in [3.05, 3.63) is 70.8 Å². The van der Waals surface area contributed by atoms with Crippen LogP contribution in [-0.4, -0.2) is 27.7 Å². The number of pyridine rings is 1. The number of thiazole rings is 1. The van der Waals surface area contributed by atoms with Crippen LogP contribution in [0.15, 0.2) is 60.2 Å². The van der Waals surface area contributed by atoms with E-state index < -0.39 is 0 Å². The third kappa shape index (κ3) is 6.19. The molecule has 2 aromatic heterocycles. The molecule has 0 radical (unpaired) electrons. The number of hydrogen-bond donors (Lipinski definition) is 1. The lowest BCUT2D eigenvalue weighted by Crippen LogP contribution is -2.31. The summed E-state index contributed by atoms with van der Waals surface area (Å²) in [5.41, 5.74) is 3.33. The molecule has 1 unspecified atom stereocenters. The zero-order valence-electron chi connectivity index (χ0n) is 15.3. The molecule has 1 aromatic carbocycles. The number of nitrogens with zero attached hydrogens (tertiary/aromatic N) is 2. The summed E-state index contributed by atoms with van der Waals surface area (Å²) < 4.78 is 0. The van der Waals surface area contributed by atoms with Gasteiger partial charge in [-0.1, -0.05) is 30.3 Å². The van der Waals surface area contributed by atoms with Crippen LogP contribution in [0.25, 0.3) is 11.3 Å². The van der Waals surface area contributed by atoms with Gasteiger partial charge in [0.05, 0.1) is 16.0 Å². The van der Waals surface area contributed by atoms with Crippen LogP contribution >= 0.6 is 23.1 Å². The molecule has 0 spiro atoms. The molecule has 3 aromatic rings. The van der Waals surface area contributed by atoms with Gasteiger partial charge in [-0.15, -0.1) is 23.1 Å². The number of thioether (sulfide) groups is 1. The van der Waals surface area contributed by atoms with Crippen LogP contribution in [0.3, 0.4) is 0 Å². The summed E-state index contributed by atoms with van der Waals surface area (Å²) in [6.07, 6.45) is 5.33. The monoisotopic (exact) mass is 397 g/mol. The van der Waals surface area contributed by atoms with Crippen molar-refractivity contribution in [2.75, 3.05) is 6.54 Å². The molecule has 6 heteroatoms. The molecule has 27 heavy (non-hydrogen) atoms. The molecule has 0 saturated heterocycles. The van der Waals surface area contributed by atoms with E-state index in [0.717, 1.165) is 34.9 Å². The summed E-state index contributed by atoms with van der Waals surface area (Å²) in [5.74, 6) is 0.958. The number of carbonyl (C=O) groups excluding carboxylic acids is 1. The summed E-state index contributed by atoms with van der Waals surface area (Å²) in [6.45, 7) is 2.64. The van der Waals surface area contributed by atoms with Crippen molar-refractivity contribution in [2.24, 2.45) is 0 Å². The van der Waals surface area contributed by atoms with Crippen LogP contribution in [0.1, 0.15) is 23.9 Å². The molecule has 0 aliphatic heterocycles. The van der Waals surface area contributed by atoms with Crippen molar-refractivity contribution in [1.29, 1.82) is 0 Å². The van der Waals surface area contributed by atoms with Crippen LogP contribution in [0.4, 0.5) is 0 Å². The number of rotatable bonds is 9. The zero-order valence-corrected chi connectivity index (χ0v) is 16.9. The van der Waals surface area contributed by atoms with Crippen molar-refractivity contribution < 1.29 is 4.79 Å². The number of aromatic nitrogens is 2. The second kappa shape index (κ2) is 10.2.